The molecule has 2 amide bonds. The van der Waals surface area contributed by atoms with Gasteiger partial charge < -0.3 is 10.2 Å². The summed E-state index contributed by atoms with van der Waals surface area (Å²) in [5.41, 5.74) is 2.59. The van der Waals surface area contributed by atoms with Gasteiger partial charge in [0.05, 0.1) is 5.75 Å². The molecular formula is C30H31Cl3N2O2S. The zero-order valence-corrected chi connectivity index (χ0v) is 24.1. The van der Waals surface area contributed by atoms with Crippen LogP contribution in [0.4, 0.5) is 0 Å². The summed E-state index contributed by atoms with van der Waals surface area (Å²) in [7, 11) is 0. The molecule has 1 aliphatic rings. The van der Waals surface area contributed by atoms with E-state index >= 15 is 0 Å². The number of carbonyl (C=O) groups is 2. The lowest BCUT2D eigenvalue weighted by Crippen LogP contribution is -2.52. The molecule has 8 heteroatoms. The van der Waals surface area contributed by atoms with Crippen molar-refractivity contribution in [1.29, 1.82) is 0 Å². The molecule has 1 saturated carbocycles. The van der Waals surface area contributed by atoms with Crippen LogP contribution in [0.1, 0.15) is 42.4 Å². The highest BCUT2D eigenvalue weighted by Crippen LogP contribution is 2.29. The van der Waals surface area contributed by atoms with Gasteiger partial charge in [0.2, 0.25) is 11.8 Å². The number of hydrogen-bond acceptors (Lipinski definition) is 3. The van der Waals surface area contributed by atoms with E-state index in [-0.39, 0.29) is 30.2 Å². The average molecular weight is 590 g/mol. The fourth-order valence-corrected chi connectivity index (χ4v) is 6.57. The van der Waals surface area contributed by atoms with Crippen LogP contribution in [-0.4, -0.2) is 34.6 Å². The van der Waals surface area contributed by atoms with E-state index < -0.39 is 6.04 Å². The molecule has 0 saturated heterocycles. The van der Waals surface area contributed by atoms with Crippen LogP contribution in [0.25, 0.3) is 0 Å². The minimum absolute atomic E-state index is 0.125. The standard InChI is InChI=1S/C30H31Cl3N2O2S/c31-25-14-7-4-11-22(25)18-35(29(36)20-38-19-24-26(32)15-8-16-27(24)33)28(17-21-9-2-1-3-10-21)30(37)34-23-12-5-6-13-23/h1-4,7-11,14-16,23,28H,5-6,12-13,17-20H2,(H,34,37)/t28-/m1/s1. The van der Waals surface area contributed by atoms with Crippen molar-refractivity contribution in [3.05, 3.63) is 105 Å². The maximum Gasteiger partial charge on any atom is 0.243 e. The number of rotatable bonds is 11. The molecule has 0 spiro atoms. The third-order valence-corrected chi connectivity index (χ3v) is 8.83. The molecule has 1 atom stereocenters. The van der Waals surface area contributed by atoms with Crippen LogP contribution in [0.15, 0.2) is 72.8 Å². The topological polar surface area (TPSA) is 49.4 Å². The molecule has 3 aromatic rings. The Morgan fingerprint density at radius 3 is 2.18 bits per heavy atom. The smallest absolute Gasteiger partial charge is 0.243 e. The molecule has 0 bridgehead atoms. The fraction of sp³-hybridized carbons (Fsp3) is 0.333. The molecule has 1 aliphatic carbocycles. The molecular weight excluding hydrogens is 559 g/mol. The Labute approximate surface area is 244 Å². The van der Waals surface area contributed by atoms with E-state index in [1.807, 2.05) is 48.5 Å². The molecule has 3 aromatic carbocycles. The molecule has 4 nitrogen and oxygen atoms in total. The second kappa shape index (κ2) is 14.3. The second-order valence-corrected chi connectivity index (χ2v) is 11.7. The molecule has 4 rings (SSSR count). The van der Waals surface area contributed by atoms with E-state index in [1.54, 1.807) is 29.2 Å². The number of thioether (sulfide) groups is 1. The molecule has 1 N–H and O–H groups in total. The van der Waals surface area contributed by atoms with Gasteiger partial charge in [0.15, 0.2) is 0 Å². The van der Waals surface area contributed by atoms with Gasteiger partial charge in [0.25, 0.3) is 0 Å². The summed E-state index contributed by atoms with van der Waals surface area (Å²) in [4.78, 5) is 29.2. The van der Waals surface area contributed by atoms with Crippen LogP contribution in [0.2, 0.25) is 15.1 Å². The number of nitrogens with zero attached hydrogens (tertiary/aromatic N) is 1. The van der Waals surface area contributed by atoms with Crippen molar-refractivity contribution in [2.24, 2.45) is 0 Å². The maximum absolute atomic E-state index is 13.8. The van der Waals surface area contributed by atoms with Crippen LogP contribution < -0.4 is 5.32 Å². The highest BCUT2D eigenvalue weighted by molar-refractivity contribution is 7.99. The van der Waals surface area contributed by atoms with E-state index in [1.165, 1.54) is 11.8 Å². The maximum atomic E-state index is 13.8. The van der Waals surface area contributed by atoms with E-state index in [0.29, 0.717) is 27.2 Å². The Morgan fingerprint density at radius 1 is 0.868 bits per heavy atom. The van der Waals surface area contributed by atoms with Crippen molar-refractivity contribution >= 4 is 58.4 Å². The van der Waals surface area contributed by atoms with Gasteiger partial charge in [-0.3, -0.25) is 9.59 Å². The van der Waals surface area contributed by atoms with Gasteiger partial charge in [-0.25, -0.2) is 0 Å². The van der Waals surface area contributed by atoms with Crippen molar-refractivity contribution in [3.8, 4) is 0 Å². The zero-order chi connectivity index (χ0) is 26.9. The van der Waals surface area contributed by atoms with Crippen LogP contribution in [-0.2, 0) is 28.3 Å². The van der Waals surface area contributed by atoms with E-state index in [9.17, 15) is 9.59 Å². The van der Waals surface area contributed by atoms with Crippen molar-refractivity contribution in [1.82, 2.24) is 10.2 Å². The lowest BCUT2D eigenvalue weighted by atomic mass is 10.0. The minimum Gasteiger partial charge on any atom is -0.352 e. The van der Waals surface area contributed by atoms with Gasteiger partial charge in [-0.15, -0.1) is 11.8 Å². The van der Waals surface area contributed by atoms with E-state index in [2.05, 4.69) is 5.32 Å². The molecule has 0 heterocycles. The Kier molecular flexibility index (Phi) is 10.8. The summed E-state index contributed by atoms with van der Waals surface area (Å²) < 4.78 is 0. The Morgan fingerprint density at radius 2 is 1.50 bits per heavy atom. The number of nitrogens with one attached hydrogen (secondary N) is 1. The molecule has 0 aliphatic heterocycles. The predicted molar refractivity (Wildman–Crippen MR) is 159 cm³/mol. The van der Waals surface area contributed by atoms with Crippen molar-refractivity contribution in [2.45, 2.75) is 56.5 Å². The first kappa shape index (κ1) is 28.8. The fourth-order valence-electron chi connectivity index (χ4n) is 4.73. The summed E-state index contributed by atoms with van der Waals surface area (Å²) >= 11 is 20.6. The van der Waals surface area contributed by atoms with Crippen LogP contribution in [0.5, 0.6) is 0 Å². The van der Waals surface area contributed by atoms with Gasteiger partial charge in [0.1, 0.15) is 6.04 Å². The molecule has 0 unspecified atom stereocenters. The largest absolute Gasteiger partial charge is 0.352 e. The lowest BCUT2D eigenvalue weighted by molar-refractivity contribution is -0.139. The van der Waals surface area contributed by atoms with Gasteiger partial charge in [-0.1, -0.05) is 102 Å². The summed E-state index contributed by atoms with van der Waals surface area (Å²) in [6, 6.07) is 22.1. The number of amides is 2. The highest BCUT2D eigenvalue weighted by atomic mass is 35.5. The number of benzene rings is 3. The van der Waals surface area contributed by atoms with Crippen molar-refractivity contribution < 1.29 is 9.59 Å². The SMILES string of the molecule is O=C(NC1CCCC1)[C@@H](Cc1ccccc1)N(Cc1ccccc1Cl)C(=O)CSCc1c(Cl)cccc1Cl. The average Bonchev–Trinajstić information content (AvgIpc) is 3.42. The van der Waals surface area contributed by atoms with E-state index in [0.717, 1.165) is 42.4 Å². The summed E-state index contributed by atoms with van der Waals surface area (Å²) in [6.45, 7) is 0.238. The molecule has 0 radical (unpaired) electrons. The summed E-state index contributed by atoms with van der Waals surface area (Å²) in [5, 5.41) is 4.93. The first-order chi connectivity index (χ1) is 18.4. The number of halogens is 3. The zero-order valence-electron chi connectivity index (χ0n) is 21.0. The minimum atomic E-state index is -0.675. The van der Waals surface area contributed by atoms with Gasteiger partial charge in [-0.2, -0.15) is 0 Å². The monoisotopic (exact) mass is 588 g/mol. The van der Waals surface area contributed by atoms with Gasteiger partial charge >= 0.3 is 0 Å². The normalized spacial score (nSPS) is 14.3. The predicted octanol–water partition coefficient (Wildman–Crippen LogP) is 7.58. The van der Waals surface area contributed by atoms with Crippen LogP contribution in [0.3, 0.4) is 0 Å². The second-order valence-electron chi connectivity index (χ2n) is 9.50. The first-order valence-corrected chi connectivity index (χ1v) is 15.1. The summed E-state index contributed by atoms with van der Waals surface area (Å²) in [6.07, 6.45) is 4.57. The molecule has 38 heavy (non-hydrogen) atoms. The number of carbonyl (C=O) groups excluding carboxylic acids is 2. The van der Waals surface area contributed by atoms with Gasteiger partial charge in [-0.05, 0) is 47.7 Å². The van der Waals surface area contributed by atoms with Crippen molar-refractivity contribution in [2.75, 3.05) is 5.75 Å². The first-order valence-electron chi connectivity index (χ1n) is 12.8. The Balaban J connectivity index is 1.59. The highest BCUT2D eigenvalue weighted by Gasteiger charge is 2.32. The quantitative estimate of drug-likeness (QED) is 0.251. The van der Waals surface area contributed by atoms with Gasteiger partial charge in [0, 0.05) is 39.8 Å². The van der Waals surface area contributed by atoms with E-state index in [4.69, 9.17) is 34.8 Å². The third kappa shape index (κ3) is 7.92. The van der Waals surface area contributed by atoms with Crippen LogP contribution >= 0.6 is 46.6 Å². The van der Waals surface area contributed by atoms with Crippen molar-refractivity contribution in [3.63, 3.8) is 0 Å². The van der Waals surface area contributed by atoms with Crippen LogP contribution in [0, 0.1) is 0 Å². The summed E-state index contributed by atoms with van der Waals surface area (Å²) in [5.74, 6) is 0.399. The third-order valence-electron chi connectivity index (χ3n) is 6.80. The molecule has 1 fully saturated rings. The Hall–Kier alpha value is -2.18. The Bertz CT molecular complexity index is 1210. The molecule has 200 valence electrons. The molecule has 0 aromatic heterocycles. The number of hydrogen-bond donors (Lipinski definition) is 1. The lowest BCUT2D eigenvalue weighted by Gasteiger charge is -2.32.